The molecule has 27 heavy (non-hydrogen) atoms. The van der Waals surface area contributed by atoms with Crippen LogP contribution in [0, 0.1) is 0 Å². The van der Waals surface area contributed by atoms with Gasteiger partial charge in [-0.05, 0) is 35.2 Å². The summed E-state index contributed by atoms with van der Waals surface area (Å²) in [6.07, 6.45) is 0.948. The summed E-state index contributed by atoms with van der Waals surface area (Å²) in [5.74, 6) is 0.748. The lowest BCUT2D eigenvalue weighted by atomic mass is 9.84. The summed E-state index contributed by atoms with van der Waals surface area (Å²) in [5, 5.41) is 8.97. The zero-order valence-corrected chi connectivity index (χ0v) is 15.5. The van der Waals surface area contributed by atoms with Gasteiger partial charge in [0.1, 0.15) is 18.0 Å². The van der Waals surface area contributed by atoms with Crippen LogP contribution >= 0.6 is 0 Å². The van der Waals surface area contributed by atoms with Crippen LogP contribution in [0.4, 0.5) is 0 Å². The van der Waals surface area contributed by atoms with E-state index in [-0.39, 0.29) is 6.61 Å². The van der Waals surface area contributed by atoms with Gasteiger partial charge in [-0.3, -0.25) is 0 Å². The average Bonchev–Trinajstić information content (AvgIpc) is 3.02. The van der Waals surface area contributed by atoms with Gasteiger partial charge in [-0.25, -0.2) is 0 Å². The molecule has 1 aliphatic carbocycles. The molecular formula is C24H24O3. The summed E-state index contributed by atoms with van der Waals surface area (Å²) in [4.78, 5) is 0. The van der Waals surface area contributed by atoms with Gasteiger partial charge in [0.15, 0.2) is 0 Å². The Morgan fingerprint density at radius 1 is 0.778 bits per heavy atom. The van der Waals surface area contributed by atoms with E-state index in [4.69, 9.17) is 14.6 Å². The van der Waals surface area contributed by atoms with Crippen LogP contribution in [0.3, 0.4) is 0 Å². The first-order valence-electron chi connectivity index (χ1n) is 9.49. The fraction of sp³-hybridized carbons (Fsp3) is 0.250. The third kappa shape index (κ3) is 2.93. The minimum Gasteiger partial charge on any atom is -0.491 e. The van der Waals surface area contributed by atoms with Crippen molar-refractivity contribution in [1.29, 1.82) is 0 Å². The van der Waals surface area contributed by atoms with Crippen LogP contribution in [-0.4, -0.2) is 24.9 Å². The molecule has 0 radical (unpaired) electrons. The maximum atomic E-state index is 8.97. The Hall–Kier alpha value is -2.62. The molecule has 0 saturated carbocycles. The molecule has 4 rings (SSSR count). The zero-order chi connectivity index (χ0) is 18.7. The molecule has 0 atom stereocenters. The van der Waals surface area contributed by atoms with Gasteiger partial charge in [0.2, 0.25) is 0 Å². The highest BCUT2D eigenvalue weighted by atomic mass is 16.5. The SMILES string of the molecule is CCCOC1(c2ccc(OCCO)cc2)c2ccccc2-c2ccccc21. The van der Waals surface area contributed by atoms with E-state index in [0.29, 0.717) is 13.2 Å². The number of hydrogen-bond acceptors (Lipinski definition) is 3. The minimum absolute atomic E-state index is 0.00600. The molecule has 0 saturated heterocycles. The van der Waals surface area contributed by atoms with Gasteiger partial charge in [-0.15, -0.1) is 0 Å². The zero-order valence-electron chi connectivity index (χ0n) is 15.5. The Balaban J connectivity index is 1.88. The molecule has 3 aromatic carbocycles. The van der Waals surface area contributed by atoms with Gasteiger partial charge in [-0.2, -0.15) is 0 Å². The predicted molar refractivity (Wildman–Crippen MR) is 107 cm³/mol. The molecule has 0 fully saturated rings. The highest BCUT2D eigenvalue weighted by molar-refractivity contribution is 5.82. The molecule has 0 amide bonds. The largest absolute Gasteiger partial charge is 0.491 e. The van der Waals surface area contributed by atoms with E-state index in [1.165, 1.54) is 22.3 Å². The summed E-state index contributed by atoms with van der Waals surface area (Å²) in [7, 11) is 0. The summed E-state index contributed by atoms with van der Waals surface area (Å²) in [6, 6.07) is 25.0. The van der Waals surface area contributed by atoms with Crippen LogP contribution in [0.1, 0.15) is 30.0 Å². The first kappa shape index (κ1) is 17.8. The van der Waals surface area contributed by atoms with Crippen LogP contribution in [0.25, 0.3) is 11.1 Å². The number of hydrogen-bond donors (Lipinski definition) is 1. The lowest BCUT2D eigenvalue weighted by Crippen LogP contribution is -2.31. The summed E-state index contributed by atoms with van der Waals surface area (Å²) < 4.78 is 12.2. The van der Waals surface area contributed by atoms with E-state index >= 15 is 0 Å². The number of fused-ring (bicyclic) bond motifs is 3. The highest BCUT2D eigenvalue weighted by Gasteiger charge is 2.45. The number of aliphatic hydroxyl groups is 1. The van der Waals surface area contributed by atoms with E-state index < -0.39 is 5.60 Å². The van der Waals surface area contributed by atoms with Crippen LogP contribution in [0.15, 0.2) is 72.8 Å². The Labute approximate surface area is 160 Å². The fourth-order valence-electron chi connectivity index (χ4n) is 3.95. The number of benzene rings is 3. The van der Waals surface area contributed by atoms with Gasteiger partial charge in [0, 0.05) is 17.7 Å². The Kier molecular flexibility index (Phi) is 4.97. The second kappa shape index (κ2) is 7.55. The molecule has 0 spiro atoms. The summed E-state index contributed by atoms with van der Waals surface area (Å²) >= 11 is 0. The first-order valence-corrected chi connectivity index (χ1v) is 9.49. The summed E-state index contributed by atoms with van der Waals surface area (Å²) in [6.45, 7) is 3.10. The van der Waals surface area contributed by atoms with Gasteiger partial charge in [0.25, 0.3) is 0 Å². The molecule has 0 aromatic heterocycles. The summed E-state index contributed by atoms with van der Waals surface area (Å²) in [5.41, 5.74) is 5.30. The third-order valence-corrected chi connectivity index (χ3v) is 5.05. The first-order chi connectivity index (χ1) is 13.3. The van der Waals surface area contributed by atoms with Crippen molar-refractivity contribution in [2.45, 2.75) is 18.9 Å². The third-order valence-electron chi connectivity index (χ3n) is 5.05. The monoisotopic (exact) mass is 360 g/mol. The van der Waals surface area contributed by atoms with Crippen LogP contribution in [0.2, 0.25) is 0 Å². The number of aliphatic hydroxyl groups excluding tert-OH is 1. The van der Waals surface area contributed by atoms with E-state index in [9.17, 15) is 0 Å². The van der Waals surface area contributed by atoms with Crippen molar-refractivity contribution in [2.75, 3.05) is 19.8 Å². The van der Waals surface area contributed by atoms with Crippen LogP contribution < -0.4 is 4.74 Å². The maximum Gasteiger partial charge on any atom is 0.144 e. The minimum atomic E-state index is -0.612. The molecule has 3 aromatic rings. The molecule has 1 N–H and O–H groups in total. The lowest BCUT2D eigenvalue weighted by molar-refractivity contribution is 0.0165. The molecule has 3 heteroatoms. The standard InChI is InChI=1S/C24H24O3/c1-2-16-27-24(18-11-13-19(14-12-18)26-17-15-25)22-9-5-3-7-20(22)21-8-4-6-10-23(21)24/h3-14,25H,2,15-17H2,1H3. The topological polar surface area (TPSA) is 38.7 Å². The Morgan fingerprint density at radius 3 is 1.93 bits per heavy atom. The molecule has 138 valence electrons. The maximum absolute atomic E-state index is 8.97. The van der Waals surface area contributed by atoms with E-state index in [1.54, 1.807) is 0 Å². The normalized spacial score (nSPS) is 13.9. The van der Waals surface area contributed by atoms with Crippen LogP contribution in [-0.2, 0) is 10.3 Å². The van der Waals surface area contributed by atoms with Gasteiger partial charge in [0.05, 0.1) is 6.61 Å². The van der Waals surface area contributed by atoms with Crippen molar-refractivity contribution in [2.24, 2.45) is 0 Å². The van der Waals surface area contributed by atoms with Crippen molar-refractivity contribution >= 4 is 0 Å². The molecule has 0 bridgehead atoms. The molecule has 0 aliphatic heterocycles. The quantitative estimate of drug-likeness (QED) is 0.660. The fourth-order valence-corrected chi connectivity index (χ4v) is 3.95. The lowest BCUT2D eigenvalue weighted by Gasteiger charge is -2.33. The predicted octanol–water partition coefficient (Wildman–Crippen LogP) is 4.76. The smallest absolute Gasteiger partial charge is 0.144 e. The number of ether oxygens (including phenoxy) is 2. The number of rotatable bonds is 7. The van der Waals surface area contributed by atoms with Crippen molar-refractivity contribution in [3.8, 4) is 16.9 Å². The van der Waals surface area contributed by atoms with Gasteiger partial charge >= 0.3 is 0 Å². The van der Waals surface area contributed by atoms with Gasteiger partial charge in [-0.1, -0.05) is 67.6 Å². The van der Waals surface area contributed by atoms with Crippen molar-refractivity contribution < 1.29 is 14.6 Å². The van der Waals surface area contributed by atoms with Crippen LogP contribution in [0.5, 0.6) is 5.75 Å². The van der Waals surface area contributed by atoms with E-state index in [0.717, 1.165) is 17.7 Å². The molecule has 1 aliphatic rings. The van der Waals surface area contributed by atoms with E-state index in [2.05, 4.69) is 67.6 Å². The second-order valence-electron chi connectivity index (χ2n) is 6.72. The highest BCUT2D eigenvalue weighted by Crippen LogP contribution is 2.53. The molecule has 0 unspecified atom stereocenters. The van der Waals surface area contributed by atoms with Crippen molar-refractivity contribution in [1.82, 2.24) is 0 Å². The van der Waals surface area contributed by atoms with Gasteiger partial charge < -0.3 is 14.6 Å². The molecular weight excluding hydrogens is 336 g/mol. The van der Waals surface area contributed by atoms with Crippen molar-refractivity contribution in [3.05, 3.63) is 89.5 Å². The molecule has 0 heterocycles. The van der Waals surface area contributed by atoms with Crippen molar-refractivity contribution in [3.63, 3.8) is 0 Å². The second-order valence-corrected chi connectivity index (χ2v) is 6.72. The molecule has 3 nitrogen and oxygen atoms in total. The van der Waals surface area contributed by atoms with E-state index in [1.807, 2.05) is 12.1 Å². The Morgan fingerprint density at radius 2 is 1.37 bits per heavy atom. The average molecular weight is 360 g/mol. The Bertz CT molecular complexity index is 869.